The van der Waals surface area contributed by atoms with Gasteiger partial charge in [-0.3, -0.25) is 24.0 Å². The summed E-state index contributed by atoms with van der Waals surface area (Å²) in [5, 5.41) is 6.56. The summed E-state index contributed by atoms with van der Waals surface area (Å²) in [6, 6.07) is 5.71. The second kappa shape index (κ2) is 11.2. The van der Waals surface area contributed by atoms with E-state index < -0.39 is 67.0 Å². The standard InChI is InChI=1S/C23H27N3O10/c1-11(27)24-19-21(34-14(4)30)20(33-13(3)29)17(10-32-12(2)28)35-23(19)36-25-18-15-8-6-7-9-16(15)26(5)22(18)31/h6-9,17,19-21,23H,10H2,1-5H3,(H,24,27)/b25-18-/t17-,19+,20+,21+,23+/m0/s1. The van der Waals surface area contributed by atoms with Crippen molar-refractivity contribution >= 4 is 41.1 Å². The molecule has 2 aliphatic heterocycles. The minimum absolute atomic E-state index is 0.0130. The Bertz CT molecular complexity index is 1090. The third-order valence-corrected chi connectivity index (χ3v) is 5.35. The van der Waals surface area contributed by atoms with Gasteiger partial charge >= 0.3 is 17.9 Å². The van der Waals surface area contributed by atoms with Gasteiger partial charge in [0.2, 0.25) is 5.91 Å². The van der Waals surface area contributed by atoms with E-state index in [1.807, 2.05) is 0 Å². The highest BCUT2D eigenvalue weighted by molar-refractivity contribution is 6.54. The van der Waals surface area contributed by atoms with Gasteiger partial charge in [0.1, 0.15) is 18.8 Å². The number of carbonyl (C=O) groups excluding carboxylic acids is 5. The van der Waals surface area contributed by atoms with Crippen molar-refractivity contribution in [2.75, 3.05) is 18.6 Å². The van der Waals surface area contributed by atoms with Crippen molar-refractivity contribution < 1.29 is 47.8 Å². The number of nitrogens with one attached hydrogen (secondary N) is 1. The molecular weight excluding hydrogens is 478 g/mol. The zero-order chi connectivity index (χ0) is 26.6. The van der Waals surface area contributed by atoms with E-state index in [0.717, 1.165) is 13.8 Å². The summed E-state index contributed by atoms with van der Waals surface area (Å²) in [6.45, 7) is 4.26. The van der Waals surface area contributed by atoms with Crippen molar-refractivity contribution in [1.29, 1.82) is 0 Å². The molecule has 5 atom stereocenters. The van der Waals surface area contributed by atoms with Crippen LogP contribution in [0, 0.1) is 0 Å². The Labute approximate surface area is 206 Å². The van der Waals surface area contributed by atoms with Gasteiger partial charge in [-0.15, -0.1) is 0 Å². The van der Waals surface area contributed by atoms with E-state index in [-0.39, 0.29) is 5.71 Å². The molecule has 0 aliphatic carbocycles. The fourth-order valence-corrected chi connectivity index (χ4v) is 3.92. The molecule has 3 rings (SSSR count). The zero-order valence-electron chi connectivity index (χ0n) is 20.4. The summed E-state index contributed by atoms with van der Waals surface area (Å²) < 4.78 is 21.6. The number of fused-ring (bicyclic) bond motifs is 1. The summed E-state index contributed by atoms with van der Waals surface area (Å²) in [4.78, 5) is 66.9. The molecule has 36 heavy (non-hydrogen) atoms. The van der Waals surface area contributed by atoms with Gasteiger partial charge in [-0.25, -0.2) is 0 Å². The molecule has 0 bridgehead atoms. The predicted molar refractivity (Wildman–Crippen MR) is 121 cm³/mol. The number of amides is 2. The second-order valence-corrected chi connectivity index (χ2v) is 8.15. The van der Waals surface area contributed by atoms with Crippen LogP contribution < -0.4 is 10.2 Å². The SMILES string of the molecule is CC(=O)N[C@H]1[C@@H](O/N=C2\C(=O)N(C)c3ccccc32)O[C@@H](COC(C)=O)[C@@H](OC(C)=O)[C@@H]1OC(C)=O. The number of anilines is 1. The van der Waals surface area contributed by atoms with Crippen LogP contribution in [0.25, 0.3) is 0 Å². The number of likely N-dealkylation sites (N-methyl/N-ethyl adjacent to an activating group) is 1. The highest BCUT2D eigenvalue weighted by Gasteiger charge is 2.52. The Morgan fingerprint density at radius 3 is 2.25 bits per heavy atom. The average molecular weight is 505 g/mol. The fraction of sp³-hybridized carbons (Fsp3) is 0.478. The zero-order valence-corrected chi connectivity index (χ0v) is 20.4. The van der Waals surface area contributed by atoms with Crippen LogP contribution in [0.3, 0.4) is 0 Å². The largest absolute Gasteiger partial charge is 0.463 e. The van der Waals surface area contributed by atoms with E-state index in [9.17, 15) is 24.0 Å². The lowest BCUT2D eigenvalue weighted by Gasteiger charge is -2.43. The van der Waals surface area contributed by atoms with Crippen molar-refractivity contribution in [3.05, 3.63) is 29.8 Å². The predicted octanol–water partition coefficient (Wildman–Crippen LogP) is 0.0398. The van der Waals surface area contributed by atoms with E-state index >= 15 is 0 Å². The molecule has 0 aromatic heterocycles. The number of rotatable bonds is 7. The molecule has 1 N–H and O–H groups in total. The molecule has 1 saturated heterocycles. The van der Waals surface area contributed by atoms with Gasteiger partial charge in [0.15, 0.2) is 17.9 Å². The number of para-hydroxylation sites is 1. The van der Waals surface area contributed by atoms with E-state index in [1.54, 1.807) is 31.3 Å². The third-order valence-electron chi connectivity index (χ3n) is 5.35. The van der Waals surface area contributed by atoms with Crippen LogP contribution in [-0.2, 0) is 47.8 Å². The number of carbonyl (C=O) groups is 5. The minimum atomic E-state index is -1.43. The van der Waals surface area contributed by atoms with Crippen LogP contribution in [0.4, 0.5) is 5.69 Å². The Hall–Kier alpha value is -4.00. The van der Waals surface area contributed by atoms with Crippen LogP contribution in [0.5, 0.6) is 0 Å². The highest BCUT2D eigenvalue weighted by atomic mass is 16.8. The lowest BCUT2D eigenvalue weighted by molar-refractivity contribution is -0.278. The molecule has 1 aromatic carbocycles. The second-order valence-electron chi connectivity index (χ2n) is 8.15. The monoisotopic (exact) mass is 505 g/mol. The fourth-order valence-electron chi connectivity index (χ4n) is 3.92. The molecule has 194 valence electrons. The summed E-state index contributed by atoms with van der Waals surface area (Å²) in [5.74, 6) is -3.08. The highest BCUT2D eigenvalue weighted by Crippen LogP contribution is 2.30. The summed E-state index contributed by atoms with van der Waals surface area (Å²) in [6.07, 6.45) is -5.16. The van der Waals surface area contributed by atoms with Crippen LogP contribution in [0.2, 0.25) is 0 Å². The first-order valence-corrected chi connectivity index (χ1v) is 11.0. The van der Waals surface area contributed by atoms with Crippen LogP contribution >= 0.6 is 0 Å². The quantitative estimate of drug-likeness (QED) is 0.304. The Morgan fingerprint density at radius 1 is 1.00 bits per heavy atom. The van der Waals surface area contributed by atoms with Crippen LogP contribution in [0.1, 0.15) is 33.3 Å². The van der Waals surface area contributed by atoms with Crippen molar-refractivity contribution in [3.63, 3.8) is 0 Å². The normalized spacial score (nSPS) is 26.1. The number of benzene rings is 1. The maximum atomic E-state index is 12.7. The molecule has 1 fully saturated rings. The van der Waals surface area contributed by atoms with Gasteiger partial charge in [-0.05, 0) is 6.07 Å². The number of oxime groups is 1. The van der Waals surface area contributed by atoms with Crippen LogP contribution in [0.15, 0.2) is 29.4 Å². The average Bonchev–Trinajstić information content (AvgIpc) is 3.03. The van der Waals surface area contributed by atoms with Crippen molar-refractivity contribution in [2.24, 2.45) is 5.16 Å². The summed E-state index contributed by atoms with van der Waals surface area (Å²) in [7, 11) is 1.58. The molecule has 13 heteroatoms. The lowest BCUT2D eigenvalue weighted by Crippen LogP contribution is -2.66. The van der Waals surface area contributed by atoms with Crippen molar-refractivity contribution in [1.82, 2.24) is 5.32 Å². The van der Waals surface area contributed by atoms with E-state index in [4.69, 9.17) is 23.8 Å². The number of nitrogens with zero attached hydrogens (tertiary/aromatic N) is 2. The molecule has 2 amide bonds. The molecule has 13 nitrogen and oxygen atoms in total. The topological polar surface area (TPSA) is 159 Å². The van der Waals surface area contributed by atoms with Gasteiger partial charge in [0.25, 0.3) is 12.2 Å². The maximum absolute atomic E-state index is 12.7. The molecule has 0 radical (unpaired) electrons. The van der Waals surface area contributed by atoms with Gasteiger partial charge in [0.05, 0.1) is 5.69 Å². The summed E-state index contributed by atoms with van der Waals surface area (Å²) >= 11 is 0. The van der Waals surface area contributed by atoms with Crippen molar-refractivity contribution in [2.45, 2.75) is 58.3 Å². The number of hydrogen-bond donors (Lipinski definition) is 1. The maximum Gasteiger partial charge on any atom is 0.303 e. The molecule has 0 spiro atoms. The van der Waals surface area contributed by atoms with E-state index in [1.165, 1.54) is 18.7 Å². The van der Waals surface area contributed by atoms with Crippen molar-refractivity contribution in [3.8, 4) is 0 Å². The molecular formula is C23H27N3O10. The smallest absolute Gasteiger partial charge is 0.303 e. The first-order valence-electron chi connectivity index (χ1n) is 11.0. The Balaban J connectivity index is 1.99. The Kier molecular flexibility index (Phi) is 8.25. The van der Waals surface area contributed by atoms with Crippen LogP contribution in [-0.4, -0.2) is 79.7 Å². The third kappa shape index (κ3) is 5.97. The minimum Gasteiger partial charge on any atom is -0.463 e. The van der Waals surface area contributed by atoms with E-state index in [2.05, 4.69) is 10.5 Å². The molecule has 2 heterocycles. The van der Waals surface area contributed by atoms with Gasteiger partial charge in [0, 0.05) is 40.3 Å². The first kappa shape index (κ1) is 26.6. The summed E-state index contributed by atoms with van der Waals surface area (Å²) in [5.41, 5.74) is 1.12. The van der Waals surface area contributed by atoms with Gasteiger partial charge in [-0.1, -0.05) is 23.4 Å². The lowest BCUT2D eigenvalue weighted by atomic mass is 9.96. The van der Waals surface area contributed by atoms with E-state index in [0.29, 0.717) is 11.3 Å². The molecule has 0 saturated carbocycles. The number of esters is 3. The number of hydrogen-bond acceptors (Lipinski definition) is 11. The number of ether oxygens (including phenoxy) is 4. The Morgan fingerprint density at radius 2 is 1.64 bits per heavy atom. The molecule has 1 aromatic rings. The molecule has 2 aliphatic rings. The van der Waals surface area contributed by atoms with Gasteiger partial charge in [-0.2, -0.15) is 0 Å². The van der Waals surface area contributed by atoms with Gasteiger partial charge < -0.3 is 34.0 Å². The first-order chi connectivity index (χ1) is 17.0. The molecule has 0 unspecified atom stereocenters.